The molecule has 38 heavy (non-hydrogen) atoms. The number of esters is 2. The summed E-state index contributed by atoms with van der Waals surface area (Å²) in [5.41, 5.74) is 5.82. The number of hydrogen-bond acceptors (Lipinski definition) is 5. The molecule has 0 bridgehead atoms. The van der Waals surface area contributed by atoms with Crippen LogP contribution in [0.3, 0.4) is 0 Å². The van der Waals surface area contributed by atoms with Gasteiger partial charge in [-0.25, -0.2) is 0 Å². The minimum absolute atomic E-state index is 0.182. The number of carbonyl (C=O) groups excluding carboxylic acids is 2. The molecule has 2 aliphatic heterocycles. The van der Waals surface area contributed by atoms with Crippen LogP contribution in [0.2, 0.25) is 0 Å². The summed E-state index contributed by atoms with van der Waals surface area (Å²) >= 11 is 0. The maximum Gasteiger partial charge on any atom is 0.324 e. The number of benzene rings is 4. The fourth-order valence-electron chi connectivity index (χ4n) is 6.79. The smallest absolute Gasteiger partial charge is 0.324 e. The van der Waals surface area contributed by atoms with Gasteiger partial charge in [-0.1, -0.05) is 109 Å². The molecule has 7 rings (SSSR count). The van der Waals surface area contributed by atoms with Crippen LogP contribution in [0.5, 0.6) is 0 Å². The van der Waals surface area contributed by atoms with Crippen LogP contribution in [0.1, 0.15) is 28.7 Å². The third-order valence-electron chi connectivity index (χ3n) is 8.29. The lowest BCUT2D eigenvalue weighted by molar-refractivity contribution is -0.153. The van der Waals surface area contributed by atoms with Gasteiger partial charge in [-0.3, -0.25) is 14.5 Å². The Balaban J connectivity index is 1.40. The molecule has 2 fully saturated rings. The van der Waals surface area contributed by atoms with Crippen LogP contribution in [-0.4, -0.2) is 35.5 Å². The molecular weight excluding hydrogens is 474 g/mol. The Morgan fingerprint density at radius 1 is 0.816 bits per heavy atom. The number of likely N-dealkylation sites (tertiary alicyclic amines) is 1. The van der Waals surface area contributed by atoms with Gasteiger partial charge in [0.25, 0.3) is 0 Å². The number of rotatable bonds is 5. The summed E-state index contributed by atoms with van der Waals surface area (Å²) in [5, 5.41) is 0. The second-order valence-corrected chi connectivity index (χ2v) is 10.3. The molecule has 3 atom stereocenters. The van der Waals surface area contributed by atoms with E-state index < -0.39 is 11.6 Å². The van der Waals surface area contributed by atoms with Crippen molar-refractivity contribution in [3.8, 4) is 11.1 Å². The van der Waals surface area contributed by atoms with Gasteiger partial charge in [0.05, 0.1) is 12.0 Å². The maximum atomic E-state index is 14.0. The van der Waals surface area contributed by atoms with Crippen molar-refractivity contribution in [3.63, 3.8) is 0 Å². The van der Waals surface area contributed by atoms with Crippen molar-refractivity contribution in [2.75, 3.05) is 6.54 Å². The lowest BCUT2D eigenvalue weighted by Gasteiger charge is -2.44. The van der Waals surface area contributed by atoms with Gasteiger partial charge in [0.1, 0.15) is 18.8 Å². The molecule has 0 radical (unpaired) electrons. The first-order valence-electron chi connectivity index (χ1n) is 13.1. The molecule has 0 N–H and O–H groups in total. The first-order chi connectivity index (χ1) is 18.7. The van der Waals surface area contributed by atoms with E-state index in [1.165, 1.54) is 0 Å². The second kappa shape index (κ2) is 8.96. The zero-order valence-corrected chi connectivity index (χ0v) is 20.8. The van der Waals surface area contributed by atoms with E-state index in [1.807, 2.05) is 48.5 Å². The fraction of sp³-hybridized carbons (Fsp3) is 0.212. The van der Waals surface area contributed by atoms with Crippen LogP contribution in [0, 0.1) is 5.92 Å². The number of carbonyl (C=O) groups is 2. The van der Waals surface area contributed by atoms with E-state index in [0.717, 1.165) is 33.4 Å². The Morgan fingerprint density at radius 2 is 1.39 bits per heavy atom. The molecule has 4 aromatic carbocycles. The summed E-state index contributed by atoms with van der Waals surface area (Å²) in [6.07, 6.45) is -0.155. The van der Waals surface area contributed by atoms with E-state index in [9.17, 15) is 9.59 Å². The van der Waals surface area contributed by atoms with Crippen molar-refractivity contribution in [1.82, 2.24) is 4.90 Å². The van der Waals surface area contributed by atoms with Crippen LogP contribution >= 0.6 is 0 Å². The topological polar surface area (TPSA) is 55.8 Å². The minimum Gasteiger partial charge on any atom is -0.461 e. The van der Waals surface area contributed by atoms with E-state index >= 15 is 0 Å². The average molecular weight is 502 g/mol. The highest BCUT2D eigenvalue weighted by Crippen LogP contribution is 2.57. The second-order valence-electron chi connectivity index (χ2n) is 10.3. The Labute approximate surface area is 221 Å². The highest BCUT2D eigenvalue weighted by atomic mass is 16.6. The Hall–Kier alpha value is -4.22. The molecule has 2 heterocycles. The summed E-state index contributed by atoms with van der Waals surface area (Å²) in [6, 6.07) is 36.3. The Morgan fingerprint density at radius 3 is 2.05 bits per heavy atom. The third-order valence-corrected chi connectivity index (χ3v) is 8.29. The number of nitrogens with zero attached hydrogens (tertiary/aromatic N) is 1. The van der Waals surface area contributed by atoms with Gasteiger partial charge in [0, 0.05) is 12.5 Å². The quantitative estimate of drug-likeness (QED) is 0.347. The summed E-state index contributed by atoms with van der Waals surface area (Å²) in [5.74, 6) is -0.843. The molecule has 5 heteroatoms. The van der Waals surface area contributed by atoms with Crippen LogP contribution < -0.4 is 0 Å². The number of hydrogen-bond donors (Lipinski definition) is 0. The van der Waals surface area contributed by atoms with Crippen molar-refractivity contribution in [1.29, 1.82) is 0 Å². The van der Waals surface area contributed by atoms with Gasteiger partial charge in [0.15, 0.2) is 0 Å². The molecule has 0 amide bonds. The van der Waals surface area contributed by atoms with Crippen LogP contribution in [0.25, 0.3) is 11.1 Å². The first kappa shape index (κ1) is 22.9. The summed E-state index contributed by atoms with van der Waals surface area (Å²) < 4.78 is 11.7. The highest BCUT2D eigenvalue weighted by molar-refractivity contribution is 5.86. The van der Waals surface area contributed by atoms with Gasteiger partial charge >= 0.3 is 11.9 Å². The van der Waals surface area contributed by atoms with Crippen LogP contribution in [0.4, 0.5) is 0 Å². The molecule has 2 saturated heterocycles. The zero-order chi connectivity index (χ0) is 25.7. The van der Waals surface area contributed by atoms with Crippen molar-refractivity contribution >= 4 is 11.9 Å². The molecule has 1 unspecified atom stereocenters. The van der Waals surface area contributed by atoms with Crippen LogP contribution in [-0.2, 0) is 31.2 Å². The highest BCUT2D eigenvalue weighted by Gasteiger charge is 2.61. The van der Waals surface area contributed by atoms with Crippen molar-refractivity contribution < 1.29 is 19.1 Å². The Bertz CT molecular complexity index is 1470. The van der Waals surface area contributed by atoms with Gasteiger partial charge in [-0.15, -0.1) is 0 Å². The van der Waals surface area contributed by atoms with Crippen molar-refractivity contribution in [2.24, 2.45) is 5.92 Å². The lowest BCUT2D eigenvalue weighted by atomic mass is 9.78. The Kier molecular flexibility index (Phi) is 5.41. The summed E-state index contributed by atoms with van der Waals surface area (Å²) in [7, 11) is 0. The predicted molar refractivity (Wildman–Crippen MR) is 143 cm³/mol. The molecule has 0 spiro atoms. The lowest BCUT2D eigenvalue weighted by Crippen LogP contribution is -2.53. The molecule has 0 saturated carbocycles. The fourth-order valence-corrected chi connectivity index (χ4v) is 6.79. The first-order valence-corrected chi connectivity index (χ1v) is 13.1. The zero-order valence-electron chi connectivity index (χ0n) is 20.8. The number of ether oxygens (including phenoxy) is 2. The van der Waals surface area contributed by atoms with Crippen LogP contribution in [0.15, 0.2) is 109 Å². The molecule has 4 aromatic rings. The maximum absolute atomic E-state index is 14.0. The van der Waals surface area contributed by atoms with Gasteiger partial charge in [0.2, 0.25) is 0 Å². The number of fused-ring (bicyclic) bond motifs is 4. The van der Waals surface area contributed by atoms with E-state index in [-0.39, 0.29) is 37.0 Å². The monoisotopic (exact) mass is 501 g/mol. The molecule has 5 nitrogen and oxygen atoms in total. The average Bonchev–Trinajstić information content (AvgIpc) is 3.59. The van der Waals surface area contributed by atoms with E-state index in [1.54, 1.807) is 0 Å². The van der Waals surface area contributed by atoms with E-state index in [2.05, 4.69) is 65.6 Å². The van der Waals surface area contributed by atoms with Crippen molar-refractivity contribution in [3.05, 3.63) is 131 Å². The van der Waals surface area contributed by atoms with E-state index in [4.69, 9.17) is 9.47 Å². The molecule has 0 aromatic heterocycles. The van der Waals surface area contributed by atoms with Gasteiger partial charge in [-0.05, 0) is 33.4 Å². The normalized spacial score (nSPS) is 22.8. The summed E-state index contributed by atoms with van der Waals surface area (Å²) in [6.45, 7) is 0.626. The van der Waals surface area contributed by atoms with Gasteiger partial charge in [-0.2, -0.15) is 0 Å². The predicted octanol–water partition coefficient (Wildman–Crippen LogP) is 5.32. The van der Waals surface area contributed by atoms with E-state index in [0.29, 0.717) is 6.54 Å². The molecule has 1 aliphatic carbocycles. The molecule has 188 valence electrons. The summed E-state index contributed by atoms with van der Waals surface area (Å²) in [4.78, 5) is 28.6. The van der Waals surface area contributed by atoms with Gasteiger partial charge < -0.3 is 9.47 Å². The minimum atomic E-state index is -0.734. The largest absolute Gasteiger partial charge is 0.461 e. The van der Waals surface area contributed by atoms with Crippen molar-refractivity contribution in [2.45, 2.75) is 30.7 Å². The SMILES string of the molecule is O=C1C[C@H]2C(C(=O)OCc3ccccc3)N(C3(c4ccccc4)c4ccccc4-c4ccccc43)C[C@H]2O1. The molecule has 3 aliphatic rings. The molecular formula is C33H27NO4. The third kappa shape index (κ3) is 3.35. The standard InChI is InChI=1S/C33H27NO4/c35-30-19-26-29(38-30)20-34(31(26)32(36)37-21-22-11-3-1-4-12-22)33(23-13-5-2-6-14-23)27-17-9-7-15-24(27)25-16-8-10-18-28(25)33/h1-18,26,29,31H,19-21H2/t26-,29-,31?/m1/s1.